The molecule has 1 N–H and O–H groups in total. The second-order valence-corrected chi connectivity index (χ2v) is 5.88. The van der Waals surface area contributed by atoms with Crippen molar-refractivity contribution in [2.24, 2.45) is 0 Å². The number of anilines is 1. The molecule has 2 aromatic rings. The van der Waals surface area contributed by atoms with E-state index < -0.39 is 0 Å². The molecule has 1 aromatic heterocycles. The van der Waals surface area contributed by atoms with Gasteiger partial charge in [-0.25, -0.2) is 0 Å². The van der Waals surface area contributed by atoms with Crippen LogP contribution in [-0.4, -0.2) is 59.8 Å². The largest absolute Gasteiger partial charge is 0.336 e. The average Bonchev–Trinajstić information content (AvgIpc) is 2.63. The van der Waals surface area contributed by atoms with Crippen LogP contribution in [0.3, 0.4) is 0 Å². The number of piperazine rings is 1. The Morgan fingerprint density at radius 1 is 1.00 bits per heavy atom. The number of nitrogens with zero attached hydrogens (tertiary/aromatic N) is 3. The lowest BCUT2D eigenvalue weighted by molar-refractivity contribution is 0.0663. The summed E-state index contributed by atoms with van der Waals surface area (Å²) >= 11 is 0. The molecule has 2 amide bonds. The predicted octanol–water partition coefficient (Wildman–Crippen LogP) is 1.72. The van der Waals surface area contributed by atoms with E-state index in [9.17, 15) is 9.59 Å². The lowest BCUT2D eigenvalue weighted by Gasteiger charge is -2.32. The van der Waals surface area contributed by atoms with Crippen LogP contribution in [0.25, 0.3) is 0 Å². The van der Waals surface area contributed by atoms with Crippen molar-refractivity contribution in [3.8, 4) is 0 Å². The summed E-state index contributed by atoms with van der Waals surface area (Å²) in [5.41, 5.74) is 1.53. The Labute approximate surface area is 141 Å². The SMILES string of the molecule is CN1CCN(C(=O)c2cncc(C(=O)Nc3ccccc3)c2)CC1. The van der Waals surface area contributed by atoms with Gasteiger partial charge in [0.1, 0.15) is 0 Å². The van der Waals surface area contributed by atoms with Gasteiger partial charge in [0.25, 0.3) is 11.8 Å². The molecule has 0 bridgehead atoms. The Kier molecular flexibility index (Phi) is 4.86. The number of hydrogen-bond acceptors (Lipinski definition) is 4. The third-order valence-electron chi connectivity index (χ3n) is 4.07. The normalized spacial score (nSPS) is 15.1. The van der Waals surface area contributed by atoms with Crippen LogP contribution in [0, 0.1) is 0 Å². The molecule has 2 heterocycles. The number of hydrogen-bond donors (Lipinski definition) is 1. The van der Waals surface area contributed by atoms with Gasteiger partial charge in [-0.2, -0.15) is 0 Å². The van der Waals surface area contributed by atoms with E-state index in [0.29, 0.717) is 29.9 Å². The van der Waals surface area contributed by atoms with Crippen LogP contribution in [0.2, 0.25) is 0 Å². The van der Waals surface area contributed by atoms with Gasteiger partial charge in [-0.15, -0.1) is 0 Å². The van der Waals surface area contributed by atoms with Crippen molar-refractivity contribution in [3.63, 3.8) is 0 Å². The van der Waals surface area contributed by atoms with Gasteiger partial charge in [-0.3, -0.25) is 14.6 Å². The number of pyridine rings is 1. The number of carbonyl (C=O) groups excluding carboxylic acids is 2. The van der Waals surface area contributed by atoms with E-state index in [0.717, 1.165) is 13.1 Å². The zero-order valence-electron chi connectivity index (χ0n) is 13.6. The standard InChI is InChI=1S/C18H20N4O2/c1-21-7-9-22(10-8-21)18(24)15-11-14(12-19-13-15)17(23)20-16-5-3-2-4-6-16/h2-6,11-13H,7-10H2,1H3,(H,20,23). The van der Waals surface area contributed by atoms with Gasteiger partial charge in [0.05, 0.1) is 11.1 Å². The number of amides is 2. The molecule has 124 valence electrons. The van der Waals surface area contributed by atoms with Crippen molar-refractivity contribution in [3.05, 3.63) is 59.9 Å². The molecule has 0 unspecified atom stereocenters. The smallest absolute Gasteiger partial charge is 0.257 e. The van der Waals surface area contributed by atoms with Crippen LogP contribution in [0.15, 0.2) is 48.8 Å². The molecule has 0 aliphatic carbocycles. The molecule has 24 heavy (non-hydrogen) atoms. The summed E-state index contributed by atoms with van der Waals surface area (Å²) in [6, 6.07) is 10.8. The molecule has 1 aromatic carbocycles. The van der Waals surface area contributed by atoms with E-state index >= 15 is 0 Å². The molecule has 3 rings (SSSR count). The summed E-state index contributed by atoms with van der Waals surface area (Å²) in [5, 5.41) is 2.80. The van der Waals surface area contributed by atoms with Gasteiger partial charge in [-0.1, -0.05) is 18.2 Å². The lowest BCUT2D eigenvalue weighted by atomic mass is 10.1. The van der Waals surface area contributed by atoms with Crippen molar-refractivity contribution in [1.82, 2.24) is 14.8 Å². The molecule has 0 atom stereocenters. The summed E-state index contributed by atoms with van der Waals surface area (Å²) in [4.78, 5) is 32.9. The molecular weight excluding hydrogens is 304 g/mol. The Morgan fingerprint density at radius 2 is 1.67 bits per heavy atom. The lowest BCUT2D eigenvalue weighted by Crippen LogP contribution is -2.47. The number of aromatic nitrogens is 1. The first kappa shape index (κ1) is 16.1. The molecule has 1 aliphatic rings. The third kappa shape index (κ3) is 3.78. The molecule has 6 nitrogen and oxygen atoms in total. The fourth-order valence-corrected chi connectivity index (χ4v) is 2.60. The van der Waals surface area contributed by atoms with Crippen LogP contribution >= 0.6 is 0 Å². The maximum Gasteiger partial charge on any atom is 0.257 e. The van der Waals surface area contributed by atoms with E-state index in [1.165, 1.54) is 12.4 Å². The molecule has 1 aliphatic heterocycles. The maximum absolute atomic E-state index is 12.6. The number of likely N-dealkylation sites (N-methyl/N-ethyl adjacent to an activating group) is 1. The number of carbonyl (C=O) groups is 2. The summed E-state index contributed by atoms with van der Waals surface area (Å²) in [5.74, 6) is -0.355. The summed E-state index contributed by atoms with van der Waals surface area (Å²) in [6.07, 6.45) is 2.99. The predicted molar refractivity (Wildman–Crippen MR) is 92.0 cm³/mol. The minimum atomic E-state index is -0.276. The van der Waals surface area contributed by atoms with Crippen molar-refractivity contribution < 1.29 is 9.59 Å². The van der Waals surface area contributed by atoms with Gasteiger partial charge in [-0.05, 0) is 25.2 Å². The van der Waals surface area contributed by atoms with Crippen molar-refractivity contribution in [2.75, 3.05) is 38.5 Å². The first-order valence-corrected chi connectivity index (χ1v) is 7.93. The minimum absolute atomic E-state index is 0.0787. The molecule has 6 heteroatoms. The Bertz CT molecular complexity index is 725. The molecule has 0 spiro atoms. The molecule has 1 saturated heterocycles. The summed E-state index contributed by atoms with van der Waals surface area (Å²) in [7, 11) is 2.04. The summed E-state index contributed by atoms with van der Waals surface area (Å²) in [6.45, 7) is 3.09. The molecule has 1 fully saturated rings. The Morgan fingerprint density at radius 3 is 2.38 bits per heavy atom. The van der Waals surface area contributed by atoms with Crippen LogP contribution in [-0.2, 0) is 0 Å². The highest BCUT2D eigenvalue weighted by Gasteiger charge is 2.21. The minimum Gasteiger partial charge on any atom is -0.336 e. The highest BCUT2D eigenvalue weighted by molar-refractivity contribution is 6.05. The second kappa shape index (κ2) is 7.23. The molecule has 0 radical (unpaired) electrons. The van der Waals surface area contributed by atoms with Crippen LogP contribution in [0.1, 0.15) is 20.7 Å². The van der Waals surface area contributed by atoms with Crippen LogP contribution in [0.5, 0.6) is 0 Å². The fraction of sp³-hybridized carbons (Fsp3) is 0.278. The van der Waals surface area contributed by atoms with Gasteiger partial charge in [0, 0.05) is 44.3 Å². The topological polar surface area (TPSA) is 65.5 Å². The number of para-hydroxylation sites is 1. The number of benzene rings is 1. The van der Waals surface area contributed by atoms with Crippen molar-refractivity contribution in [2.45, 2.75) is 0 Å². The quantitative estimate of drug-likeness (QED) is 0.934. The first-order valence-electron chi connectivity index (χ1n) is 7.93. The molecular formula is C18H20N4O2. The monoisotopic (exact) mass is 324 g/mol. The van der Waals surface area contributed by atoms with E-state index in [-0.39, 0.29) is 11.8 Å². The first-order chi connectivity index (χ1) is 11.6. The van der Waals surface area contributed by atoms with E-state index in [1.54, 1.807) is 11.0 Å². The fourth-order valence-electron chi connectivity index (χ4n) is 2.60. The highest BCUT2D eigenvalue weighted by Crippen LogP contribution is 2.12. The highest BCUT2D eigenvalue weighted by atomic mass is 16.2. The van der Waals surface area contributed by atoms with Crippen LogP contribution < -0.4 is 5.32 Å². The van der Waals surface area contributed by atoms with E-state index in [1.807, 2.05) is 37.4 Å². The Balaban J connectivity index is 1.71. The van der Waals surface area contributed by atoms with Gasteiger partial charge in [0.2, 0.25) is 0 Å². The van der Waals surface area contributed by atoms with Crippen molar-refractivity contribution >= 4 is 17.5 Å². The van der Waals surface area contributed by atoms with Gasteiger partial charge in [0.15, 0.2) is 0 Å². The molecule has 0 saturated carbocycles. The number of rotatable bonds is 3. The number of nitrogens with one attached hydrogen (secondary N) is 1. The Hall–Kier alpha value is -2.73. The van der Waals surface area contributed by atoms with Gasteiger partial charge < -0.3 is 15.1 Å². The second-order valence-electron chi connectivity index (χ2n) is 5.88. The third-order valence-corrected chi connectivity index (χ3v) is 4.07. The van der Waals surface area contributed by atoms with Crippen molar-refractivity contribution in [1.29, 1.82) is 0 Å². The van der Waals surface area contributed by atoms with E-state index in [4.69, 9.17) is 0 Å². The van der Waals surface area contributed by atoms with Gasteiger partial charge >= 0.3 is 0 Å². The average molecular weight is 324 g/mol. The maximum atomic E-state index is 12.6. The van der Waals surface area contributed by atoms with E-state index in [2.05, 4.69) is 15.2 Å². The zero-order valence-corrected chi connectivity index (χ0v) is 13.6. The zero-order chi connectivity index (χ0) is 16.9. The van der Waals surface area contributed by atoms with Crippen LogP contribution in [0.4, 0.5) is 5.69 Å². The summed E-state index contributed by atoms with van der Waals surface area (Å²) < 4.78 is 0.